The van der Waals surface area contributed by atoms with Gasteiger partial charge >= 0.3 is 0 Å². The molecule has 1 saturated heterocycles. The molecule has 2 aromatic rings. The standard InChI is InChI=1S/C20H22Cl2N4O2/c21-16-7-4-8-17(22)20(16)24-19(28)14-26-11-9-25(10-12-26)13-18(27)23-15-5-2-1-3-6-15/h1-8H,9-14H2,(H,23,27)(H,24,28). The van der Waals surface area contributed by atoms with Gasteiger partial charge in [-0.05, 0) is 24.3 Å². The number of carbonyl (C=O) groups excluding carboxylic acids is 2. The number of nitrogens with one attached hydrogen (secondary N) is 2. The molecule has 0 aliphatic carbocycles. The first-order chi connectivity index (χ1) is 13.5. The highest BCUT2D eigenvalue weighted by molar-refractivity contribution is 6.39. The maximum atomic E-state index is 12.3. The van der Waals surface area contributed by atoms with Gasteiger partial charge in [-0.2, -0.15) is 0 Å². The summed E-state index contributed by atoms with van der Waals surface area (Å²) in [5, 5.41) is 6.49. The maximum Gasteiger partial charge on any atom is 0.238 e. The summed E-state index contributed by atoms with van der Waals surface area (Å²) < 4.78 is 0. The molecule has 0 spiro atoms. The smallest absolute Gasteiger partial charge is 0.238 e. The van der Waals surface area contributed by atoms with Crippen molar-refractivity contribution in [3.63, 3.8) is 0 Å². The molecule has 0 aromatic heterocycles. The number of amides is 2. The van der Waals surface area contributed by atoms with E-state index in [1.807, 2.05) is 35.2 Å². The first kappa shape index (κ1) is 20.6. The maximum absolute atomic E-state index is 12.3. The number of benzene rings is 2. The van der Waals surface area contributed by atoms with Crippen molar-refractivity contribution in [2.45, 2.75) is 0 Å². The lowest BCUT2D eigenvalue weighted by Crippen LogP contribution is -2.50. The summed E-state index contributed by atoms with van der Waals surface area (Å²) in [5.74, 6) is -0.198. The molecule has 1 aliphatic rings. The number of piperazine rings is 1. The van der Waals surface area contributed by atoms with Gasteiger partial charge in [0.25, 0.3) is 0 Å². The van der Waals surface area contributed by atoms with Gasteiger partial charge in [0.15, 0.2) is 0 Å². The average molecular weight is 421 g/mol. The van der Waals surface area contributed by atoms with Crippen molar-refractivity contribution >= 4 is 46.4 Å². The predicted octanol–water partition coefficient (Wildman–Crippen LogP) is 3.19. The topological polar surface area (TPSA) is 64.7 Å². The number of anilines is 2. The number of para-hydroxylation sites is 2. The van der Waals surface area contributed by atoms with E-state index in [1.54, 1.807) is 18.2 Å². The van der Waals surface area contributed by atoms with Gasteiger partial charge in [-0.3, -0.25) is 19.4 Å². The van der Waals surface area contributed by atoms with Gasteiger partial charge in [0, 0.05) is 31.9 Å². The lowest BCUT2D eigenvalue weighted by molar-refractivity contribution is -0.120. The minimum Gasteiger partial charge on any atom is -0.325 e. The van der Waals surface area contributed by atoms with E-state index >= 15 is 0 Å². The van der Waals surface area contributed by atoms with Crippen LogP contribution in [0.1, 0.15) is 0 Å². The monoisotopic (exact) mass is 420 g/mol. The van der Waals surface area contributed by atoms with Gasteiger partial charge in [0.1, 0.15) is 0 Å². The lowest BCUT2D eigenvalue weighted by Gasteiger charge is -2.33. The third kappa shape index (κ3) is 5.94. The van der Waals surface area contributed by atoms with Gasteiger partial charge in [0.05, 0.1) is 28.8 Å². The SMILES string of the molecule is O=C(CN1CCN(CC(=O)Nc2c(Cl)cccc2Cl)CC1)Nc1ccccc1. The van der Waals surface area contributed by atoms with E-state index in [0.717, 1.165) is 18.8 Å². The Morgan fingerprint density at radius 3 is 1.79 bits per heavy atom. The molecule has 1 aliphatic heterocycles. The molecule has 6 nitrogen and oxygen atoms in total. The van der Waals surface area contributed by atoms with E-state index in [4.69, 9.17) is 23.2 Å². The van der Waals surface area contributed by atoms with E-state index in [-0.39, 0.29) is 18.4 Å². The van der Waals surface area contributed by atoms with Crippen molar-refractivity contribution in [2.75, 3.05) is 49.9 Å². The number of rotatable bonds is 6. The minimum absolute atomic E-state index is 0.0363. The molecule has 28 heavy (non-hydrogen) atoms. The first-order valence-electron chi connectivity index (χ1n) is 9.05. The molecule has 3 rings (SSSR count). The van der Waals surface area contributed by atoms with E-state index in [9.17, 15) is 9.59 Å². The molecule has 0 saturated carbocycles. The Hall–Kier alpha value is -2.12. The zero-order chi connectivity index (χ0) is 19.9. The second-order valence-corrected chi connectivity index (χ2v) is 7.43. The van der Waals surface area contributed by atoms with Crippen molar-refractivity contribution < 1.29 is 9.59 Å². The zero-order valence-electron chi connectivity index (χ0n) is 15.3. The molecular weight excluding hydrogens is 399 g/mol. The Morgan fingerprint density at radius 1 is 0.750 bits per heavy atom. The quantitative estimate of drug-likeness (QED) is 0.752. The molecule has 2 aromatic carbocycles. The predicted molar refractivity (Wildman–Crippen MR) is 113 cm³/mol. The first-order valence-corrected chi connectivity index (χ1v) is 9.80. The van der Waals surface area contributed by atoms with Gasteiger partial charge in [-0.25, -0.2) is 0 Å². The van der Waals surface area contributed by atoms with Crippen LogP contribution < -0.4 is 10.6 Å². The fourth-order valence-corrected chi connectivity index (χ4v) is 3.52. The van der Waals surface area contributed by atoms with E-state index in [0.29, 0.717) is 35.4 Å². The van der Waals surface area contributed by atoms with E-state index in [2.05, 4.69) is 15.5 Å². The largest absolute Gasteiger partial charge is 0.325 e. The number of hydrogen-bond acceptors (Lipinski definition) is 4. The third-order valence-electron chi connectivity index (χ3n) is 4.48. The van der Waals surface area contributed by atoms with Crippen LogP contribution in [0.5, 0.6) is 0 Å². The van der Waals surface area contributed by atoms with Crippen LogP contribution in [0.4, 0.5) is 11.4 Å². The average Bonchev–Trinajstić information content (AvgIpc) is 2.67. The summed E-state index contributed by atoms with van der Waals surface area (Å²) in [4.78, 5) is 28.6. The van der Waals surface area contributed by atoms with Crippen LogP contribution in [-0.2, 0) is 9.59 Å². The van der Waals surface area contributed by atoms with Crippen LogP contribution >= 0.6 is 23.2 Å². The Morgan fingerprint density at radius 2 is 1.25 bits per heavy atom. The van der Waals surface area contributed by atoms with Crippen molar-refractivity contribution in [1.29, 1.82) is 0 Å². The molecule has 1 heterocycles. The van der Waals surface area contributed by atoms with Crippen LogP contribution in [0.3, 0.4) is 0 Å². The Labute approximate surface area is 174 Å². The number of carbonyl (C=O) groups is 2. The molecule has 148 valence electrons. The highest BCUT2D eigenvalue weighted by atomic mass is 35.5. The van der Waals surface area contributed by atoms with Gasteiger partial charge < -0.3 is 10.6 Å². The number of hydrogen-bond donors (Lipinski definition) is 2. The molecule has 0 radical (unpaired) electrons. The Bertz CT molecular complexity index is 804. The fraction of sp³-hybridized carbons (Fsp3) is 0.300. The highest BCUT2D eigenvalue weighted by Gasteiger charge is 2.21. The Balaban J connectivity index is 1.41. The van der Waals surface area contributed by atoms with Crippen LogP contribution in [0.15, 0.2) is 48.5 Å². The summed E-state index contributed by atoms with van der Waals surface area (Å²) in [6, 6.07) is 14.5. The molecule has 2 amide bonds. The second kappa shape index (κ2) is 9.89. The van der Waals surface area contributed by atoms with Gasteiger partial charge in [-0.1, -0.05) is 47.5 Å². The van der Waals surface area contributed by atoms with Crippen LogP contribution in [-0.4, -0.2) is 60.9 Å². The summed E-state index contributed by atoms with van der Waals surface area (Å²) in [7, 11) is 0. The zero-order valence-corrected chi connectivity index (χ0v) is 16.8. The fourth-order valence-electron chi connectivity index (χ4n) is 3.03. The summed E-state index contributed by atoms with van der Waals surface area (Å²) in [6.07, 6.45) is 0. The number of halogens is 2. The molecular formula is C20H22Cl2N4O2. The molecule has 0 unspecified atom stereocenters. The molecule has 2 N–H and O–H groups in total. The third-order valence-corrected chi connectivity index (χ3v) is 5.11. The van der Waals surface area contributed by atoms with E-state index in [1.165, 1.54) is 0 Å². The molecule has 0 atom stereocenters. The highest BCUT2D eigenvalue weighted by Crippen LogP contribution is 2.29. The van der Waals surface area contributed by atoms with Crippen LogP contribution in [0, 0.1) is 0 Å². The van der Waals surface area contributed by atoms with Crippen molar-refractivity contribution in [2.24, 2.45) is 0 Å². The van der Waals surface area contributed by atoms with Crippen molar-refractivity contribution in [1.82, 2.24) is 9.80 Å². The van der Waals surface area contributed by atoms with Crippen molar-refractivity contribution in [3.8, 4) is 0 Å². The van der Waals surface area contributed by atoms with Gasteiger partial charge in [-0.15, -0.1) is 0 Å². The van der Waals surface area contributed by atoms with Crippen molar-refractivity contribution in [3.05, 3.63) is 58.6 Å². The van der Waals surface area contributed by atoms with Crippen LogP contribution in [0.2, 0.25) is 10.0 Å². The minimum atomic E-state index is -0.162. The molecule has 0 bridgehead atoms. The van der Waals surface area contributed by atoms with Crippen LogP contribution in [0.25, 0.3) is 0 Å². The van der Waals surface area contributed by atoms with Gasteiger partial charge in [0.2, 0.25) is 11.8 Å². The Kier molecular flexibility index (Phi) is 7.28. The molecule has 8 heteroatoms. The normalized spacial score (nSPS) is 15.2. The summed E-state index contributed by atoms with van der Waals surface area (Å²) in [6.45, 7) is 3.46. The summed E-state index contributed by atoms with van der Waals surface area (Å²) in [5.41, 5.74) is 1.23. The number of nitrogens with zero attached hydrogens (tertiary/aromatic N) is 2. The second-order valence-electron chi connectivity index (χ2n) is 6.61. The summed E-state index contributed by atoms with van der Waals surface area (Å²) >= 11 is 12.2. The van der Waals surface area contributed by atoms with E-state index < -0.39 is 0 Å². The molecule has 1 fully saturated rings. The lowest BCUT2D eigenvalue weighted by atomic mass is 10.2.